The molecule has 1 N–H and O–H groups in total. The van der Waals surface area contributed by atoms with E-state index in [1.807, 2.05) is 5.32 Å². The largest absolute Gasteiger partial charge is 0.320 e. The summed E-state index contributed by atoms with van der Waals surface area (Å²) in [5.74, 6) is -3.07. The Hall–Kier alpha value is -3.86. The van der Waals surface area contributed by atoms with Crippen LogP contribution in [0.2, 0.25) is 0 Å². The highest BCUT2D eigenvalue weighted by Crippen LogP contribution is 2.26. The lowest BCUT2D eigenvalue weighted by atomic mass is 10.2. The van der Waals surface area contributed by atoms with Crippen molar-refractivity contribution in [3.05, 3.63) is 94.5 Å². The fourth-order valence-electron chi connectivity index (χ4n) is 2.70. The molecule has 0 aromatic heterocycles. The summed E-state index contributed by atoms with van der Waals surface area (Å²) in [5, 5.41) is 12.9. The molecule has 3 aromatic carbocycles. The van der Waals surface area contributed by atoms with Gasteiger partial charge in [0.25, 0.3) is 15.7 Å². The van der Waals surface area contributed by atoms with E-state index in [0.29, 0.717) is 4.31 Å². The van der Waals surface area contributed by atoms with Crippen molar-refractivity contribution in [3.63, 3.8) is 0 Å². The minimum atomic E-state index is -4.28. The molecule has 0 aliphatic heterocycles. The summed E-state index contributed by atoms with van der Waals surface area (Å²) < 4.78 is 54.6. The number of non-ortho nitro benzene ring substituents is 1. The standard InChI is InChI=1S/C20H15F2N3O5S/c21-17-7-4-8-18(22)20(17)23-19(26)13-24(14-9-11-15(12-10-14)25(27)28)31(29,30)16-5-2-1-3-6-16/h1-12H,13H2,(H,23,26). The number of rotatable bonds is 7. The highest BCUT2D eigenvalue weighted by atomic mass is 32.2. The van der Waals surface area contributed by atoms with Gasteiger partial charge in [-0.3, -0.25) is 19.2 Å². The van der Waals surface area contributed by atoms with Gasteiger partial charge in [-0.1, -0.05) is 24.3 Å². The molecule has 0 atom stereocenters. The predicted octanol–water partition coefficient (Wildman–Crippen LogP) is 3.71. The summed E-state index contributed by atoms with van der Waals surface area (Å²) in [6.45, 7) is -0.831. The van der Waals surface area contributed by atoms with Crippen LogP contribution in [0.3, 0.4) is 0 Å². The summed E-state index contributed by atoms with van der Waals surface area (Å²) in [6, 6.07) is 14.7. The number of carbonyl (C=O) groups excluding carboxylic acids is 1. The molecular weight excluding hydrogens is 432 g/mol. The molecule has 0 saturated carbocycles. The van der Waals surface area contributed by atoms with Crippen LogP contribution in [0.15, 0.2) is 77.7 Å². The summed E-state index contributed by atoms with van der Waals surface area (Å²) >= 11 is 0. The molecule has 0 heterocycles. The Morgan fingerprint density at radius 3 is 2.06 bits per heavy atom. The van der Waals surface area contributed by atoms with Crippen molar-refractivity contribution in [2.75, 3.05) is 16.2 Å². The third kappa shape index (κ3) is 4.83. The van der Waals surface area contributed by atoms with E-state index in [1.165, 1.54) is 24.3 Å². The number of nitro benzene ring substituents is 1. The number of halogens is 2. The zero-order chi connectivity index (χ0) is 22.6. The quantitative estimate of drug-likeness (QED) is 0.439. The number of nitro groups is 1. The lowest BCUT2D eigenvalue weighted by molar-refractivity contribution is -0.384. The fourth-order valence-corrected chi connectivity index (χ4v) is 4.14. The van der Waals surface area contributed by atoms with Crippen LogP contribution < -0.4 is 9.62 Å². The molecular formula is C20H15F2N3O5S. The first-order valence-electron chi connectivity index (χ1n) is 8.76. The molecule has 3 aromatic rings. The van der Waals surface area contributed by atoms with Gasteiger partial charge in [0.15, 0.2) is 0 Å². The minimum Gasteiger partial charge on any atom is -0.320 e. The van der Waals surface area contributed by atoms with Crippen molar-refractivity contribution in [3.8, 4) is 0 Å². The lowest BCUT2D eigenvalue weighted by Crippen LogP contribution is -2.38. The van der Waals surface area contributed by atoms with E-state index in [1.54, 1.807) is 6.07 Å². The Balaban J connectivity index is 1.98. The van der Waals surface area contributed by atoms with Crippen molar-refractivity contribution in [1.82, 2.24) is 0 Å². The van der Waals surface area contributed by atoms with Crippen LogP contribution in [0.25, 0.3) is 0 Å². The average Bonchev–Trinajstić information content (AvgIpc) is 2.75. The van der Waals surface area contributed by atoms with Crippen LogP contribution >= 0.6 is 0 Å². The first kappa shape index (κ1) is 21.8. The molecule has 1 amide bonds. The van der Waals surface area contributed by atoms with E-state index >= 15 is 0 Å². The molecule has 0 aliphatic rings. The Morgan fingerprint density at radius 2 is 1.52 bits per heavy atom. The molecule has 160 valence electrons. The van der Waals surface area contributed by atoms with Gasteiger partial charge in [-0.15, -0.1) is 0 Å². The van der Waals surface area contributed by atoms with Gasteiger partial charge in [0.2, 0.25) is 5.91 Å². The van der Waals surface area contributed by atoms with Gasteiger partial charge in [-0.05, 0) is 36.4 Å². The second-order valence-corrected chi connectivity index (χ2v) is 8.11. The Morgan fingerprint density at radius 1 is 0.935 bits per heavy atom. The van der Waals surface area contributed by atoms with E-state index in [4.69, 9.17) is 0 Å². The first-order valence-corrected chi connectivity index (χ1v) is 10.2. The second kappa shape index (κ2) is 8.88. The summed E-state index contributed by atoms with van der Waals surface area (Å²) in [5.41, 5.74) is -1.04. The molecule has 0 bridgehead atoms. The molecule has 8 nitrogen and oxygen atoms in total. The summed E-state index contributed by atoms with van der Waals surface area (Å²) in [4.78, 5) is 22.6. The van der Waals surface area contributed by atoms with E-state index in [9.17, 15) is 32.1 Å². The number of sulfonamides is 1. The highest BCUT2D eigenvalue weighted by Gasteiger charge is 2.28. The van der Waals surface area contributed by atoms with Gasteiger partial charge in [-0.25, -0.2) is 17.2 Å². The second-order valence-electron chi connectivity index (χ2n) is 6.24. The van der Waals surface area contributed by atoms with Crippen molar-refractivity contribution >= 4 is 33.0 Å². The van der Waals surface area contributed by atoms with E-state index in [2.05, 4.69) is 0 Å². The van der Waals surface area contributed by atoms with Crippen molar-refractivity contribution in [1.29, 1.82) is 0 Å². The van der Waals surface area contributed by atoms with Crippen molar-refractivity contribution in [2.24, 2.45) is 0 Å². The monoisotopic (exact) mass is 447 g/mol. The molecule has 0 spiro atoms. The fraction of sp³-hybridized carbons (Fsp3) is 0.0500. The summed E-state index contributed by atoms with van der Waals surface area (Å²) in [7, 11) is -4.28. The van der Waals surface area contributed by atoms with E-state index in [-0.39, 0.29) is 16.3 Å². The number of anilines is 2. The van der Waals surface area contributed by atoms with Gasteiger partial charge in [0.1, 0.15) is 23.9 Å². The number of nitrogens with one attached hydrogen (secondary N) is 1. The molecule has 0 fully saturated rings. The maximum absolute atomic E-state index is 13.8. The van der Waals surface area contributed by atoms with Gasteiger partial charge in [-0.2, -0.15) is 0 Å². The minimum absolute atomic E-state index is 0.0430. The first-order chi connectivity index (χ1) is 14.7. The zero-order valence-corrected chi connectivity index (χ0v) is 16.6. The highest BCUT2D eigenvalue weighted by molar-refractivity contribution is 7.92. The Bertz CT molecular complexity index is 1200. The van der Waals surface area contributed by atoms with Gasteiger partial charge in [0, 0.05) is 12.1 Å². The third-order valence-corrected chi connectivity index (χ3v) is 5.98. The van der Waals surface area contributed by atoms with E-state index < -0.39 is 44.7 Å². The van der Waals surface area contributed by atoms with Crippen LogP contribution in [0.5, 0.6) is 0 Å². The Kier molecular flexibility index (Phi) is 6.25. The molecule has 3 rings (SSSR count). The normalized spacial score (nSPS) is 11.0. The van der Waals surface area contributed by atoms with Gasteiger partial charge < -0.3 is 5.32 Å². The predicted molar refractivity (Wildman–Crippen MR) is 109 cm³/mol. The third-order valence-electron chi connectivity index (χ3n) is 4.19. The number of hydrogen-bond donors (Lipinski definition) is 1. The number of nitrogens with zero attached hydrogens (tertiary/aromatic N) is 2. The maximum Gasteiger partial charge on any atom is 0.269 e. The number of carbonyl (C=O) groups is 1. The van der Waals surface area contributed by atoms with Crippen LogP contribution in [-0.2, 0) is 14.8 Å². The van der Waals surface area contributed by atoms with Gasteiger partial charge >= 0.3 is 0 Å². The molecule has 0 unspecified atom stereocenters. The molecule has 11 heteroatoms. The lowest BCUT2D eigenvalue weighted by Gasteiger charge is -2.24. The zero-order valence-electron chi connectivity index (χ0n) is 15.7. The van der Waals surface area contributed by atoms with Crippen LogP contribution in [0, 0.1) is 21.7 Å². The van der Waals surface area contributed by atoms with Crippen LogP contribution in [0.4, 0.5) is 25.8 Å². The van der Waals surface area contributed by atoms with Crippen LogP contribution in [-0.4, -0.2) is 25.8 Å². The molecule has 0 radical (unpaired) electrons. The maximum atomic E-state index is 13.8. The molecule has 31 heavy (non-hydrogen) atoms. The SMILES string of the molecule is O=C(CN(c1ccc([N+](=O)[O-])cc1)S(=O)(=O)c1ccccc1)Nc1c(F)cccc1F. The Labute approximate surface area is 175 Å². The smallest absolute Gasteiger partial charge is 0.269 e. The molecule has 0 saturated heterocycles. The number of benzene rings is 3. The van der Waals surface area contributed by atoms with Gasteiger partial charge in [0.05, 0.1) is 15.5 Å². The van der Waals surface area contributed by atoms with E-state index in [0.717, 1.165) is 42.5 Å². The number of hydrogen-bond acceptors (Lipinski definition) is 5. The van der Waals surface area contributed by atoms with Crippen LogP contribution in [0.1, 0.15) is 0 Å². The number of amides is 1. The van der Waals surface area contributed by atoms with Crippen molar-refractivity contribution < 1.29 is 26.9 Å². The van der Waals surface area contributed by atoms with Crippen molar-refractivity contribution in [2.45, 2.75) is 4.90 Å². The average molecular weight is 447 g/mol. The molecule has 0 aliphatic carbocycles. The number of para-hydroxylation sites is 1. The topological polar surface area (TPSA) is 110 Å². The summed E-state index contributed by atoms with van der Waals surface area (Å²) in [6.07, 6.45) is 0.